The van der Waals surface area contributed by atoms with Crippen molar-refractivity contribution in [2.75, 3.05) is 40.9 Å². The summed E-state index contributed by atoms with van der Waals surface area (Å²) in [6.45, 7) is 6.69. The molecule has 3 unspecified atom stereocenters. The largest absolute Gasteiger partial charge is 0.756 e. The van der Waals surface area contributed by atoms with Crippen LogP contribution in [0.2, 0.25) is 0 Å². The zero-order valence-corrected chi connectivity index (χ0v) is 49.0. The average Bonchev–Trinajstić information content (AvgIpc) is 3.35. The van der Waals surface area contributed by atoms with Gasteiger partial charge in [-0.25, -0.2) is 0 Å². The number of phosphoric acid groups is 1. The second-order valence-electron chi connectivity index (χ2n) is 21.1. The van der Waals surface area contributed by atoms with Gasteiger partial charge in [0.25, 0.3) is 7.82 Å². The number of nitrogens with zero attached hydrogens (tertiary/aromatic N) is 1. The Hall–Kier alpha value is -2.81. The zero-order chi connectivity index (χ0) is 53.6. The Morgan fingerprint density at radius 2 is 0.877 bits per heavy atom. The first-order valence-electron chi connectivity index (χ1n) is 29.9. The highest BCUT2D eigenvalue weighted by Crippen LogP contribution is 2.38. The van der Waals surface area contributed by atoms with E-state index in [0.717, 1.165) is 109 Å². The maximum absolute atomic E-state index is 13.5. The molecular formula is C63H113N2O7P. The minimum atomic E-state index is -4.71. The normalized spacial score (nSPS) is 14.3. The van der Waals surface area contributed by atoms with E-state index in [1.54, 1.807) is 0 Å². The quantitative estimate of drug-likeness (QED) is 0.0212. The van der Waals surface area contributed by atoms with Crippen molar-refractivity contribution in [3.05, 3.63) is 85.1 Å². The second-order valence-corrected chi connectivity index (χ2v) is 22.5. The molecule has 0 aliphatic rings. The predicted molar refractivity (Wildman–Crippen MR) is 311 cm³/mol. The number of unbranched alkanes of at least 4 members (excludes halogenated alkanes) is 25. The lowest BCUT2D eigenvalue weighted by Crippen LogP contribution is -2.47. The van der Waals surface area contributed by atoms with E-state index in [2.05, 4.69) is 99.0 Å². The average molecular weight is 1040 g/mol. The van der Waals surface area contributed by atoms with Crippen LogP contribution in [-0.2, 0) is 27.9 Å². The molecule has 73 heavy (non-hydrogen) atoms. The van der Waals surface area contributed by atoms with Gasteiger partial charge in [-0.05, 0) is 102 Å². The van der Waals surface area contributed by atoms with Crippen molar-refractivity contribution in [1.82, 2.24) is 5.32 Å². The van der Waals surface area contributed by atoms with Crippen LogP contribution in [0, 0.1) is 0 Å². The molecule has 1 amide bonds. The first-order chi connectivity index (χ1) is 35.4. The van der Waals surface area contributed by atoms with Gasteiger partial charge in [0.05, 0.1) is 33.8 Å². The van der Waals surface area contributed by atoms with Crippen LogP contribution in [0.1, 0.15) is 252 Å². The number of esters is 1. The molecule has 0 spiro atoms. The van der Waals surface area contributed by atoms with Crippen LogP contribution in [0.5, 0.6) is 0 Å². The minimum Gasteiger partial charge on any atom is -0.756 e. The first-order valence-corrected chi connectivity index (χ1v) is 31.4. The van der Waals surface area contributed by atoms with Crippen molar-refractivity contribution in [3.63, 3.8) is 0 Å². The van der Waals surface area contributed by atoms with Crippen LogP contribution in [0.15, 0.2) is 85.1 Å². The molecule has 1 N–H and O–H groups in total. The topological polar surface area (TPSA) is 114 Å². The van der Waals surface area contributed by atoms with Crippen molar-refractivity contribution >= 4 is 19.7 Å². The van der Waals surface area contributed by atoms with Gasteiger partial charge in [0.2, 0.25) is 5.91 Å². The number of hydrogen-bond donors (Lipinski definition) is 1. The molecular weight excluding hydrogens is 928 g/mol. The summed E-state index contributed by atoms with van der Waals surface area (Å²) in [5.41, 5.74) is 0. The van der Waals surface area contributed by atoms with Crippen LogP contribution in [0.25, 0.3) is 0 Å². The van der Waals surface area contributed by atoms with Gasteiger partial charge >= 0.3 is 5.97 Å². The lowest BCUT2D eigenvalue weighted by molar-refractivity contribution is -0.870. The van der Waals surface area contributed by atoms with Crippen LogP contribution in [-0.4, -0.2) is 69.4 Å². The van der Waals surface area contributed by atoms with Gasteiger partial charge in [-0.15, -0.1) is 0 Å². The fraction of sp³-hybridized carbons (Fsp3) is 0.746. The van der Waals surface area contributed by atoms with Crippen molar-refractivity contribution in [2.45, 2.75) is 264 Å². The molecule has 0 saturated heterocycles. The van der Waals surface area contributed by atoms with E-state index in [0.29, 0.717) is 23.9 Å². The zero-order valence-electron chi connectivity index (χ0n) is 48.1. The summed E-state index contributed by atoms with van der Waals surface area (Å²) in [4.78, 5) is 39.9. The third-order valence-corrected chi connectivity index (χ3v) is 13.8. The highest BCUT2D eigenvalue weighted by atomic mass is 31.2. The Kier molecular flexibility index (Phi) is 50.6. The molecule has 0 aromatic heterocycles. The molecule has 0 bridgehead atoms. The lowest BCUT2D eigenvalue weighted by atomic mass is 10.0. The lowest BCUT2D eigenvalue weighted by Gasteiger charge is -2.30. The van der Waals surface area contributed by atoms with Gasteiger partial charge in [0, 0.05) is 12.8 Å². The number of nitrogens with one attached hydrogen (secondary N) is 1. The number of ether oxygens (including phenoxy) is 1. The van der Waals surface area contributed by atoms with Crippen LogP contribution < -0.4 is 10.2 Å². The smallest absolute Gasteiger partial charge is 0.306 e. The molecule has 422 valence electrons. The first kappa shape index (κ1) is 70.2. The number of allylic oxidation sites excluding steroid dienone is 13. The summed E-state index contributed by atoms with van der Waals surface area (Å²) in [6.07, 6.45) is 68.3. The van der Waals surface area contributed by atoms with E-state index in [9.17, 15) is 19.0 Å². The number of carbonyl (C=O) groups excluding carboxylic acids is 2. The number of amides is 1. The molecule has 0 aliphatic heterocycles. The summed E-state index contributed by atoms with van der Waals surface area (Å²) >= 11 is 0. The second kappa shape index (κ2) is 52.6. The van der Waals surface area contributed by atoms with E-state index in [1.165, 1.54) is 96.3 Å². The monoisotopic (exact) mass is 1040 g/mol. The number of carbonyl (C=O) groups is 2. The summed E-state index contributed by atoms with van der Waals surface area (Å²) in [5, 5.41) is 3.01. The van der Waals surface area contributed by atoms with Crippen LogP contribution >= 0.6 is 7.82 Å². The highest BCUT2D eigenvalue weighted by molar-refractivity contribution is 7.45. The highest BCUT2D eigenvalue weighted by Gasteiger charge is 2.27. The molecule has 0 fully saturated rings. The molecule has 0 aromatic carbocycles. The third-order valence-electron chi connectivity index (χ3n) is 12.8. The molecule has 0 saturated carbocycles. The maximum Gasteiger partial charge on any atom is 0.306 e. The number of hydrogen-bond acceptors (Lipinski definition) is 7. The third kappa shape index (κ3) is 53.8. The Morgan fingerprint density at radius 3 is 1.34 bits per heavy atom. The number of phosphoric ester groups is 1. The molecule has 0 aliphatic carbocycles. The molecule has 0 rings (SSSR count). The number of quaternary nitrogens is 1. The SMILES string of the molecule is CC/C=C\C/C=C\C/C=C\C/C=C\C/C=C\CCCCCCCC(=O)NC(COP(=O)([O-])OCC[N+](C)(C)C)C(/C=C\CCCCCCCCCCCC)OC(=O)CCCCC/C=C\CCCCCCCCC. The maximum atomic E-state index is 13.5. The van der Waals surface area contributed by atoms with E-state index in [1.807, 2.05) is 33.3 Å². The fourth-order valence-electron chi connectivity index (χ4n) is 8.19. The van der Waals surface area contributed by atoms with Crippen molar-refractivity contribution in [1.29, 1.82) is 0 Å². The summed E-state index contributed by atoms with van der Waals surface area (Å²) < 4.78 is 30.2. The standard InChI is InChI=1S/C63H113N2O7P/c1-7-10-13-16-19-22-25-28-30-31-32-33-34-35-36-37-40-43-46-49-52-55-62(66)64-60(59-71-73(68,69)70-58-57-65(4,5)6)61(54-51-48-45-42-39-27-24-21-18-15-12-9-3)72-63(67)56-53-50-47-44-41-38-29-26-23-20-17-14-11-8-2/h10,13,19,22,28,30,32-33,35-36,38,41,51,54,60-61H,7-9,11-12,14-18,20-21,23-27,29,31,34,37,39-40,42-50,52-53,55-59H2,1-6H3,(H-,64,66,68,69)/b13-10-,22-19-,30-28-,33-32-,36-35-,41-38-,54-51-. The molecule has 3 atom stereocenters. The van der Waals surface area contributed by atoms with Crippen molar-refractivity contribution in [3.8, 4) is 0 Å². The van der Waals surface area contributed by atoms with Gasteiger partial charge in [-0.3, -0.25) is 14.2 Å². The number of likely N-dealkylation sites (N-methyl/N-ethyl adjacent to an activating group) is 1. The summed E-state index contributed by atoms with van der Waals surface area (Å²) in [6, 6.07) is -0.908. The Labute approximate surface area is 450 Å². The van der Waals surface area contributed by atoms with E-state index < -0.39 is 26.6 Å². The van der Waals surface area contributed by atoms with E-state index >= 15 is 0 Å². The van der Waals surface area contributed by atoms with Gasteiger partial charge in [-0.2, -0.15) is 0 Å². The molecule has 9 nitrogen and oxygen atoms in total. The van der Waals surface area contributed by atoms with E-state index in [-0.39, 0.29) is 31.3 Å². The Bertz CT molecular complexity index is 1530. The number of rotatable bonds is 53. The minimum absolute atomic E-state index is 0.0320. The molecule has 10 heteroatoms. The molecule has 0 heterocycles. The van der Waals surface area contributed by atoms with Crippen LogP contribution in [0.3, 0.4) is 0 Å². The van der Waals surface area contributed by atoms with Gasteiger partial charge in [0.15, 0.2) is 0 Å². The fourth-order valence-corrected chi connectivity index (χ4v) is 8.91. The van der Waals surface area contributed by atoms with Gasteiger partial charge in [-0.1, -0.05) is 222 Å². The Balaban J connectivity index is 5.34. The van der Waals surface area contributed by atoms with Gasteiger partial charge < -0.3 is 28.5 Å². The van der Waals surface area contributed by atoms with Crippen LogP contribution in [0.4, 0.5) is 0 Å². The summed E-state index contributed by atoms with van der Waals surface area (Å²) in [7, 11) is 1.15. The van der Waals surface area contributed by atoms with Crippen molar-refractivity contribution < 1.29 is 37.3 Å². The Morgan fingerprint density at radius 1 is 0.493 bits per heavy atom. The van der Waals surface area contributed by atoms with E-state index in [4.69, 9.17) is 13.8 Å². The molecule has 0 radical (unpaired) electrons. The predicted octanol–water partition coefficient (Wildman–Crippen LogP) is 17.6. The summed E-state index contributed by atoms with van der Waals surface area (Å²) in [5.74, 6) is -0.584. The molecule has 0 aromatic rings. The van der Waals surface area contributed by atoms with Gasteiger partial charge in [0.1, 0.15) is 19.3 Å². The van der Waals surface area contributed by atoms with Crippen molar-refractivity contribution in [2.24, 2.45) is 0 Å².